The van der Waals surface area contributed by atoms with Gasteiger partial charge in [0, 0.05) is 16.6 Å². The van der Waals surface area contributed by atoms with Gasteiger partial charge in [0.1, 0.15) is 0 Å². The summed E-state index contributed by atoms with van der Waals surface area (Å²) in [5.41, 5.74) is 3.12. The minimum Gasteiger partial charge on any atom is -0.326 e. The lowest BCUT2D eigenvalue weighted by Crippen LogP contribution is -2.13. The Kier molecular flexibility index (Phi) is 4.74. The summed E-state index contributed by atoms with van der Waals surface area (Å²) in [4.78, 5) is 11.9. The Hall–Kier alpha value is -1.61. The van der Waals surface area contributed by atoms with Crippen molar-refractivity contribution in [1.29, 1.82) is 0 Å². The van der Waals surface area contributed by atoms with E-state index < -0.39 is 0 Å². The summed E-state index contributed by atoms with van der Waals surface area (Å²) < 4.78 is 0.969. The molecule has 0 aliphatic heterocycles. The number of carbonyl (C=O) groups is 1. The van der Waals surface area contributed by atoms with Crippen LogP contribution in [0.2, 0.25) is 0 Å². The van der Waals surface area contributed by atoms with Crippen LogP contribution in [-0.4, -0.2) is 5.91 Å². The van der Waals surface area contributed by atoms with Gasteiger partial charge in [-0.25, -0.2) is 0 Å². The van der Waals surface area contributed by atoms with Crippen LogP contribution in [0, 0.1) is 6.92 Å². The molecule has 0 unspecified atom stereocenters. The van der Waals surface area contributed by atoms with E-state index in [0.29, 0.717) is 6.42 Å². The molecular formula is C16H16BrNO. The average molecular weight is 318 g/mol. The van der Waals surface area contributed by atoms with Crippen molar-refractivity contribution < 1.29 is 4.79 Å². The van der Waals surface area contributed by atoms with Crippen LogP contribution in [0.25, 0.3) is 0 Å². The zero-order valence-electron chi connectivity index (χ0n) is 10.8. The van der Waals surface area contributed by atoms with E-state index in [1.165, 1.54) is 5.56 Å². The van der Waals surface area contributed by atoms with Crippen molar-refractivity contribution in [2.24, 2.45) is 0 Å². The molecular weight excluding hydrogens is 302 g/mol. The number of carbonyl (C=O) groups excluding carboxylic acids is 1. The molecule has 0 aromatic heterocycles. The molecule has 2 rings (SSSR count). The Balaban J connectivity index is 1.93. The van der Waals surface area contributed by atoms with E-state index in [-0.39, 0.29) is 5.91 Å². The molecule has 1 N–H and O–H groups in total. The van der Waals surface area contributed by atoms with Crippen LogP contribution in [0.1, 0.15) is 17.5 Å². The fourth-order valence-corrected chi connectivity index (χ4v) is 2.21. The summed E-state index contributed by atoms with van der Waals surface area (Å²) in [6.45, 7) is 1.99. The Labute approximate surface area is 122 Å². The van der Waals surface area contributed by atoms with E-state index in [1.54, 1.807) is 0 Å². The van der Waals surface area contributed by atoms with Crippen molar-refractivity contribution in [3.63, 3.8) is 0 Å². The lowest BCUT2D eigenvalue weighted by Gasteiger charge is -2.09. The molecule has 0 saturated heterocycles. The first kappa shape index (κ1) is 13.8. The first-order valence-electron chi connectivity index (χ1n) is 6.25. The standard InChI is InChI=1S/C16H16BrNO/c1-12-7-9-14(17)11-15(12)18-16(19)10-8-13-5-3-2-4-6-13/h2-7,9,11H,8,10H2,1H3,(H,18,19). The van der Waals surface area contributed by atoms with E-state index in [4.69, 9.17) is 0 Å². The minimum atomic E-state index is 0.0463. The maximum Gasteiger partial charge on any atom is 0.224 e. The molecule has 1 amide bonds. The average Bonchev–Trinajstić information content (AvgIpc) is 2.42. The van der Waals surface area contributed by atoms with Crippen molar-refractivity contribution in [3.05, 3.63) is 64.1 Å². The van der Waals surface area contributed by atoms with Gasteiger partial charge >= 0.3 is 0 Å². The summed E-state index contributed by atoms with van der Waals surface area (Å²) in [5.74, 6) is 0.0463. The number of rotatable bonds is 4. The quantitative estimate of drug-likeness (QED) is 0.893. The Bertz CT molecular complexity index is 566. The Morgan fingerprint density at radius 2 is 1.89 bits per heavy atom. The van der Waals surface area contributed by atoms with Crippen molar-refractivity contribution in [2.45, 2.75) is 19.8 Å². The number of nitrogens with one attached hydrogen (secondary N) is 1. The van der Waals surface area contributed by atoms with Crippen molar-refractivity contribution in [1.82, 2.24) is 0 Å². The van der Waals surface area contributed by atoms with Crippen LogP contribution in [-0.2, 0) is 11.2 Å². The summed E-state index contributed by atoms with van der Waals surface area (Å²) in [6, 6.07) is 15.9. The molecule has 2 aromatic rings. The van der Waals surface area contributed by atoms with E-state index in [9.17, 15) is 4.79 Å². The fourth-order valence-electron chi connectivity index (χ4n) is 1.84. The van der Waals surface area contributed by atoms with Gasteiger partial charge in [0.25, 0.3) is 0 Å². The lowest BCUT2D eigenvalue weighted by molar-refractivity contribution is -0.116. The van der Waals surface area contributed by atoms with Crippen LogP contribution < -0.4 is 5.32 Å². The highest BCUT2D eigenvalue weighted by molar-refractivity contribution is 9.10. The number of aryl methyl sites for hydroxylation is 2. The first-order valence-corrected chi connectivity index (χ1v) is 7.04. The fraction of sp³-hybridized carbons (Fsp3) is 0.188. The zero-order chi connectivity index (χ0) is 13.7. The van der Waals surface area contributed by atoms with Gasteiger partial charge in [-0.2, -0.15) is 0 Å². The van der Waals surface area contributed by atoms with Gasteiger partial charge in [-0.15, -0.1) is 0 Å². The highest BCUT2D eigenvalue weighted by Gasteiger charge is 2.05. The third-order valence-electron chi connectivity index (χ3n) is 2.96. The monoisotopic (exact) mass is 317 g/mol. The van der Waals surface area contributed by atoms with Gasteiger partial charge in [0.2, 0.25) is 5.91 Å². The molecule has 2 aromatic carbocycles. The van der Waals surface area contributed by atoms with Crippen LogP contribution in [0.4, 0.5) is 5.69 Å². The maximum absolute atomic E-state index is 11.9. The normalized spacial score (nSPS) is 10.2. The molecule has 19 heavy (non-hydrogen) atoms. The molecule has 0 aliphatic rings. The van der Waals surface area contributed by atoms with E-state index >= 15 is 0 Å². The molecule has 0 spiro atoms. The van der Waals surface area contributed by atoms with Crippen molar-refractivity contribution >= 4 is 27.5 Å². The maximum atomic E-state index is 11.9. The van der Waals surface area contributed by atoms with Crippen molar-refractivity contribution in [3.8, 4) is 0 Å². The molecule has 98 valence electrons. The Morgan fingerprint density at radius 1 is 1.16 bits per heavy atom. The number of benzene rings is 2. The molecule has 2 nitrogen and oxygen atoms in total. The van der Waals surface area contributed by atoms with Crippen LogP contribution in [0.5, 0.6) is 0 Å². The van der Waals surface area contributed by atoms with Crippen LogP contribution in [0.15, 0.2) is 53.0 Å². The molecule has 0 aliphatic carbocycles. The van der Waals surface area contributed by atoms with Crippen LogP contribution >= 0.6 is 15.9 Å². The second-order valence-corrected chi connectivity index (χ2v) is 5.41. The molecule has 0 bridgehead atoms. The van der Waals surface area contributed by atoms with E-state index in [2.05, 4.69) is 21.2 Å². The van der Waals surface area contributed by atoms with Gasteiger partial charge in [0.15, 0.2) is 0 Å². The first-order chi connectivity index (χ1) is 9.15. The van der Waals surface area contributed by atoms with Gasteiger partial charge in [-0.05, 0) is 36.6 Å². The predicted octanol–water partition coefficient (Wildman–Crippen LogP) is 4.33. The second kappa shape index (κ2) is 6.53. The summed E-state index contributed by atoms with van der Waals surface area (Å²) in [6.07, 6.45) is 1.26. The summed E-state index contributed by atoms with van der Waals surface area (Å²) in [5, 5.41) is 2.95. The van der Waals surface area contributed by atoms with E-state index in [1.807, 2.05) is 55.5 Å². The molecule has 0 fully saturated rings. The molecule has 0 heterocycles. The topological polar surface area (TPSA) is 29.1 Å². The van der Waals surface area contributed by atoms with Gasteiger partial charge < -0.3 is 5.32 Å². The lowest BCUT2D eigenvalue weighted by atomic mass is 10.1. The predicted molar refractivity (Wildman–Crippen MR) is 82.3 cm³/mol. The SMILES string of the molecule is Cc1ccc(Br)cc1NC(=O)CCc1ccccc1. The number of halogens is 1. The van der Waals surface area contributed by atoms with Gasteiger partial charge in [-0.3, -0.25) is 4.79 Å². The third-order valence-corrected chi connectivity index (χ3v) is 3.45. The van der Waals surface area contributed by atoms with E-state index in [0.717, 1.165) is 22.1 Å². The second-order valence-electron chi connectivity index (χ2n) is 4.49. The van der Waals surface area contributed by atoms with Crippen LogP contribution in [0.3, 0.4) is 0 Å². The summed E-state index contributed by atoms with van der Waals surface area (Å²) in [7, 11) is 0. The molecule has 0 radical (unpaired) electrons. The number of amides is 1. The molecule has 3 heteroatoms. The molecule has 0 saturated carbocycles. The summed E-state index contributed by atoms with van der Waals surface area (Å²) >= 11 is 3.41. The molecule has 0 atom stereocenters. The highest BCUT2D eigenvalue weighted by Crippen LogP contribution is 2.20. The van der Waals surface area contributed by atoms with Gasteiger partial charge in [0.05, 0.1) is 0 Å². The smallest absolute Gasteiger partial charge is 0.224 e. The largest absolute Gasteiger partial charge is 0.326 e. The Morgan fingerprint density at radius 3 is 2.63 bits per heavy atom. The number of hydrogen-bond donors (Lipinski definition) is 1. The number of hydrogen-bond acceptors (Lipinski definition) is 1. The third kappa shape index (κ3) is 4.21. The highest BCUT2D eigenvalue weighted by atomic mass is 79.9. The number of anilines is 1. The van der Waals surface area contributed by atoms with Gasteiger partial charge in [-0.1, -0.05) is 52.3 Å². The van der Waals surface area contributed by atoms with Crippen molar-refractivity contribution in [2.75, 3.05) is 5.32 Å². The minimum absolute atomic E-state index is 0.0463. The zero-order valence-corrected chi connectivity index (χ0v) is 12.4.